The van der Waals surface area contributed by atoms with Crippen LogP contribution in [0.4, 0.5) is 0 Å². The van der Waals surface area contributed by atoms with Crippen molar-refractivity contribution in [3.8, 4) is 11.6 Å². The summed E-state index contributed by atoms with van der Waals surface area (Å²) in [7, 11) is 0. The summed E-state index contributed by atoms with van der Waals surface area (Å²) >= 11 is 2.91. The average Bonchev–Trinajstić information content (AvgIpc) is 3.32. The van der Waals surface area contributed by atoms with Gasteiger partial charge >= 0.3 is 0 Å². The van der Waals surface area contributed by atoms with Crippen molar-refractivity contribution in [3.05, 3.63) is 45.5 Å². The molecule has 0 aliphatic heterocycles. The van der Waals surface area contributed by atoms with Gasteiger partial charge in [0, 0.05) is 18.4 Å². The van der Waals surface area contributed by atoms with Gasteiger partial charge in [-0.15, -0.1) is 10.2 Å². The minimum Gasteiger partial charge on any atom is -0.461 e. The third-order valence-corrected chi connectivity index (χ3v) is 5.58. The van der Waals surface area contributed by atoms with Crippen LogP contribution >= 0.6 is 23.1 Å². The van der Waals surface area contributed by atoms with Crippen molar-refractivity contribution in [1.29, 1.82) is 0 Å². The Balaban J connectivity index is 1.62. The lowest BCUT2D eigenvalue weighted by molar-refractivity contribution is 0.489. The lowest BCUT2D eigenvalue weighted by Gasteiger charge is -2.11. The summed E-state index contributed by atoms with van der Waals surface area (Å²) in [6, 6.07) is 5.23. The number of fused-ring (bicyclic) bond motifs is 1. The quantitative estimate of drug-likeness (QED) is 0.457. The molecule has 0 saturated carbocycles. The Bertz CT molecular complexity index is 1130. The number of rotatable bonds is 6. The second-order valence-corrected chi connectivity index (χ2v) is 8.58. The van der Waals surface area contributed by atoms with Gasteiger partial charge in [0.25, 0.3) is 5.56 Å². The van der Waals surface area contributed by atoms with E-state index in [1.54, 1.807) is 6.26 Å². The van der Waals surface area contributed by atoms with Crippen LogP contribution in [0, 0.1) is 12.8 Å². The summed E-state index contributed by atoms with van der Waals surface area (Å²) in [4.78, 5) is 17.4. The molecular formula is C17H18N6O2S2. The summed E-state index contributed by atoms with van der Waals surface area (Å²) in [5.41, 5.74) is 0.534. The molecule has 0 amide bonds. The van der Waals surface area contributed by atoms with Gasteiger partial charge in [0.2, 0.25) is 4.96 Å². The van der Waals surface area contributed by atoms with E-state index < -0.39 is 0 Å². The standard InChI is InChI=1S/C17H18N6O2S2/c1-10(2)8-22-15(13-5-4-6-25-13)19-20-17(22)26-9-12-7-14(24)23-16(18-12)27-11(3)21-23/h4-7,10H,8-9H2,1-3H3. The first kappa shape index (κ1) is 17.9. The predicted octanol–water partition coefficient (Wildman–Crippen LogP) is 3.26. The molecule has 0 aliphatic carbocycles. The highest BCUT2D eigenvalue weighted by Gasteiger charge is 2.18. The van der Waals surface area contributed by atoms with Crippen LogP contribution in [0.2, 0.25) is 0 Å². The third kappa shape index (κ3) is 3.67. The van der Waals surface area contributed by atoms with Gasteiger partial charge in [0.15, 0.2) is 16.7 Å². The molecule has 0 unspecified atom stereocenters. The van der Waals surface area contributed by atoms with Crippen LogP contribution in [0.5, 0.6) is 0 Å². The van der Waals surface area contributed by atoms with Gasteiger partial charge < -0.3 is 4.42 Å². The second-order valence-electron chi connectivity index (χ2n) is 6.48. The first-order chi connectivity index (χ1) is 13.0. The predicted molar refractivity (Wildman–Crippen MR) is 104 cm³/mol. The average molecular weight is 403 g/mol. The molecule has 0 aliphatic rings. The lowest BCUT2D eigenvalue weighted by Crippen LogP contribution is -2.15. The van der Waals surface area contributed by atoms with Crippen LogP contribution in [0.3, 0.4) is 0 Å². The van der Waals surface area contributed by atoms with Crippen molar-refractivity contribution in [3.63, 3.8) is 0 Å². The Labute approximate surface area is 163 Å². The minimum absolute atomic E-state index is 0.167. The van der Waals surface area contributed by atoms with E-state index >= 15 is 0 Å². The molecule has 0 saturated heterocycles. The second kappa shape index (κ2) is 7.28. The highest BCUT2D eigenvalue weighted by molar-refractivity contribution is 7.98. The lowest BCUT2D eigenvalue weighted by atomic mass is 10.2. The molecule has 0 spiro atoms. The molecule has 0 radical (unpaired) electrons. The van der Waals surface area contributed by atoms with Crippen molar-refractivity contribution in [1.82, 2.24) is 29.4 Å². The van der Waals surface area contributed by atoms with Crippen LogP contribution in [-0.2, 0) is 12.3 Å². The van der Waals surface area contributed by atoms with Crippen molar-refractivity contribution >= 4 is 28.1 Å². The maximum Gasteiger partial charge on any atom is 0.275 e. The number of hydrogen-bond donors (Lipinski definition) is 0. The van der Waals surface area contributed by atoms with Crippen LogP contribution < -0.4 is 5.56 Å². The fourth-order valence-corrected chi connectivity index (χ4v) is 4.28. The van der Waals surface area contributed by atoms with E-state index in [4.69, 9.17) is 4.42 Å². The maximum absolute atomic E-state index is 12.2. The van der Waals surface area contributed by atoms with Crippen molar-refractivity contribution in [2.75, 3.05) is 0 Å². The van der Waals surface area contributed by atoms with Gasteiger partial charge in [-0.3, -0.25) is 9.36 Å². The SMILES string of the molecule is Cc1nn2c(=O)cc(CSc3nnc(-c4ccco4)n3CC(C)C)nc2s1. The molecule has 0 fully saturated rings. The zero-order chi connectivity index (χ0) is 19.0. The Morgan fingerprint density at radius 2 is 2.19 bits per heavy atom. The van der Waals surface area contributed by atoms with Crippen LogP contribution in [-0.4, -0.2) is 29.4 Å². The molecule has 27 heavy (non-hydrogen) atoms. The number of nitrogens with zero attached hydrogens (tertiary/aromatic N) is 6. The van der Waals surface area contributed by atoms with Crippen molar-refractivity contribution in [2.24, 2.45) is 5.92 Å². The molecule has 0 atom stereocenters. The molecule has 0 bridgehead atoms. The Morgan fingerprint density at radius 3 is 2.93 bits per heavy atom. The fraction of sp³-hybridized carbons (Fsp3) is 0.353. The van der Waals surface area contributed by atoms with Crippen LogP contribution in [0.1, 0.15) is 24.5 Å². The van der Waals surface area contributed by atoms with Gasteiger partial charge in [-0.25, -0.2) is 4.98 Å². The largest absolute Gasteiger partial charge is 0.461 e. The van der Waals surface area contributed by atoms with E-state index in [1.807, 2.05) is 19.1 Å². The first-order valence-corrected chi connectivity index (χ1v) is 10.3. The summed E-state index contributed by atoms with van der Waals surface area (Å²) < 4.78 is 8.88. The Kier molecular flexibility index (Phi) is 4.83. The van der Waals surface area contributed by atoms with Gasteiger partial charge in [0.05, 0.1) is 12.0 Å². The highest BCUT2D eigenvalue weighted by atomic mass is 32.2. The molecule has 140 valence electrons. The number of aromatic nitrogens is 6. The zero-order valence-corrected chi connectivity index (χ0v) is 16.8. The molecule has 10 heteroatoms. The monoisotopic (exact) mass is 402 g/mol. The minimum atomic E-state index is -0.167. The highest BCUT2D eigenvalue weighted by Crippen LogP contribution is 2.27. The number of hydrogen-bond acceptors (Lipinski definition) is 8. The van der Waals surface area contributed by atoms with E-state index in [0.717, 1.165) is 16.7 Å². The molecule has 4 heterocycles. The van der Waals surface area contributed by atoms with E-state index in [1.165, 1.54) is 33.7 Å². The van der Waals surface area contributed by atoms with Gasteiger partial charge in [-0.1, -0.05) is 36.9 Å². The zero-order valence-electron chi connectivity index (χ0n) is 15.1. The van der Waals surface area contributed by atoms with Gasteiger partial charge in [-0.2, -0.15) is 9.61 Å². The van der Waals surface area contributed by atoms with Gasteiger partial charge in [-0.05, 0) is 25.0 Å². The molecule has 4 aromatic heterocycles. The van der Waals surface area contributed by atoms with Gasteiger partial charge in [0.1, 0.15) is 5.01 Å². The number of furan rings is 1. The molecular weight excluding hydrogens is 384 g/mol. The van der Waals surface area contributed by atoms with E-state index in [2.05, 4.69) is 38.7 Å². The Morgan fingerprint density at radius 1 is 1.33 bits per heavy atom. The topological polar surface area (TPSA) is 91.1 Å². The normalized spacial score (nSPS) is 11.7. The molecule has 0 N–H and O–H groups in total. The van der Waals surface area contributed by atoms with Crippen molar-refractivity contribution in [2.45, 2.75) is 38.2 Å². The summed E-state index contributed by atoms with van der Waals surface area (Å²) in [5.74, 6) is 2.34. The molecule has 0 aromatic carbocycles. The first-order valence-electron chi connectivity index (χ1n) is 8.47. The smallest absolute Gasteiger partial charge is 0.275 e. The summed E-state index contributed by atoms with van der Waals surface area (Å²) in [6.07, 6.45) is 1.63. The Hall–Kier alpha value is -2.46. The molecule has 4 rings (SSSR count). The van der Waals surface area contributed by atoms with E-state index in [9.17, 15) is 4.79 Å². The molecule has 8 nitrogen and oxygen atoms in total. The summed E-state index contributed by atoms with van der Waals surface area (Å²) in [5, 5.41) is 14.4. The van der Waals surface area contributed by atoms with Crippen LogP contribution in [0.25, 0.3) is 16.5 Å². The maximum atomic E-state index is 12.2. The van der Waals surface area contributed by atoms with E-state index in [0.29, 0.717) is 33.9 Å². The third-order valence-electron chi connectivity index (χ3n) is 3.75. The summed E-state index contributed by atoms with van der Waals surface area (Å²) in [6.45, 7) is 6.91. The fourth-order valence-electron chi connectivity index (χ4n) is 2.68. The molecule has 4 aromatic rings. The van der Waals surface area contributed by atoms with Crippen LogP contribution in [0.15, 0.2) is 38.8 Å². The van der Waals surface area contributed by atoms with E-state index in [-0.39, 0.29) is 5.56 Å². The number of aryl methyl sites for hydroxylation is 1. The number of thioether (sulfide) groups is 1. The van der Waals surface area contributed by atoms with Crippen molar-refractivity contribution < 1.29 is 4.42 Å².